The van der Waals surface area contributed by atoms with Crippen molar-refractivity contribution in [3.8, 4) is 0 Å². The fourth-order valence-electron chi connectivity index (χ4n) is 1.77. The van der Waals surface area contributed by atoms with Crippen LogP contribution in [0.4, 0.5) is 0 Å². The van der Waals surface area contributed by atoms with Gasteiger partial charge in [0.2, 0.25) is 0 Å². The van der Waals surface area contributed by atoms with E-state index in [1.54, 1.807) is 0 Å². The Kier molecular flexibility index (Phi) is 13.9. The minimum Gasteiger partial charge on any atom is -0.242 e. The summed E-state index contributed by atoms with van der Waals surface area (Å²) in [6, 6.07) is 0. The highest BCUT2D eigenvalue weighted by Crippen LogP contribution is 2.04. The lowest BCUT2D eigenvalue weighted by atomic mass is 10.1. The molecule has 0 N–H and O–H groups in total. The monoisotopic (exact) mass is 212 g/mol. The van der Waals surface area contributed by atoms with Crippen molar-refractivity contribution in [3.05, 3.63) is 0 Å². The summed E-state index contributed by atoms with van der Waals surface area (Å²) in [7, 11) is 0. The molecule has 91 valence electrons. The maximum Gasteiger partial charge on any atom is 0.0133 e. The summed E-state index contributed by atoms with van der Waals surface area (Å²) in [6.45, 7) is 6.74. The van der Waals surface area contributed by atoms with E-state index in [0.717, 1.165) is 13.1 Å². The van der Waals surface area contributed by atoms with E-state index in [9.17, 15) is 0 Å². The van der Waals surface area contributed by atoms with Crippen LogP contribution in [0.25, 0.3) is 0 Å². The summed E-state index contributed by atoms with van der Waals surface area (Å²) in [4.78, 5) is 0. The van der Waals surface area contributed by atoms with Crippen molar-refractivity contribution < 1.29 is 0 Å². The van der Waals surface area contributed by atoms with Gasteiger partial charge in [-0.15, -0.1) is 0 Å². The Balaban J connectivity index is 2.81. The van der Waals surface area contributed by atoms with Gasteiger partial charge < -0.3 is 0 Å². The Morgan fingerprint density at radius 3 is 1.47 bits per heavy atom. The molecule has 0 aromatic rings. The fourth-order valence-corrected chi connectivity index (χ4v) is 1.77. The second kappa shape index (κ2) is 14.0. The van der Waals surface area contributed by atoms with Gasteiger partial charge in [0.1, 0.15) is 0 Å². The molecule has 0 aromatic carbocycles. The number of rotatable bonds is 12. The Morgan fingerprint density at radius 2 is 0.933 bits per heavy atom. The van der Waals surface area contributed by atoms with E-state index in [1.165, 1.54) is 64.2 Å². The molecule has 0 bridgehead atoms. The quantitative estimate of drug-likeness (QED) is 0.422. The molecule has 15 heavy (non-hydrogen) atoms. The van der Waals surface area contributed by atoms with Crippen LogP contribution >= 0.6 is 0 Å². The number of unbranched alkanes of at least 4 members (excludes halogenated alkanes) is 8. The Labute approximate surface area is 97.0 Å². The molecule has 0 fully saturated rings. The van der Waals surface area contributed by atoms with Crippen LogP contribution in [0.2, 0.25) is 0 Å². The van der Waals surface area contributed by atoms with Gasteiger partial charge in [0.25, 0.3) is 0 Å². The average molecular weight is 212 g/mol. The largest absolute Gasteiger partial charge is 0.242 e. The normalized spacial score (nSPS) is 10.8. The van der Waals surface area contributed by atoms with Crippen LogP contribution < -0.4 is 5.32 Å². The van der Waals surface area contributed by atoms with Gasteiger partial charge in [-0.05, 0) is 12.8 Å². The molecule has 0 atom stereocenters. The predicted molar refractivity (Wildman–Crippen MR) is 69.4 cm³/mol. The third-order valence-corrected chi connectivity index (χ3v) is 2.84. The first-order valence-corrected chi connectivity index (χ1v) is 7.05. The zero-order valence-corrected chi connectivity index (χ0v) is 10.9. The van der Waals surface area contributed by atoms with E-state index in [1.807, 2.05) is 0 Å². The van der Waals surface area contributed by atoms with Crippen LogP contribution in [-0.2, 0) is 0 Å². The van der Waals surface area contributed by atoms with Gasteiger partial charge in [0.15, 0.2) is 0 Å². The van der Waals surface area contributed by atoms with Crippen LogP contribution in [0, 0.1) is 0 Å². The number of hydrogen-bond acceptors (Lipinski definition) is 0. The third-order valence-electron chi connectivity index (χ3n) is 2.84. The molecule has 0 aliphatic heterocycles. The summed E-state index contributed by atoms with van der Waals surface area (Å²) in [5.74, 6) is 0. The second-order valence-corrected chi connectivity index (χ2v) is 4.50. The van der Waals surface area contributed by atoms with Crippen LogP contribution in [0.5, 0.6) is 0 Å². The molecule has 1 heteroatoms. The minimum atomic E-state index is 1.11. The van der Waals surface area contributed by atoms with Crippen molar-refractivity contribution in [2.24, 2.45) is 0 Å². The number of hydrogen-bond donors (Lipinski definition) is 0. The van der Waals surface area contributed by atoms with Gasteiger partial charge in [-0.1, -0.05) is 65.2 Å². The van der Waals surface area contributed by atoms with Crippen LogP contribution in [0.3, 0.4) is 0 Å². The molecule has 0 aliphatic rings. The first-order chi connectivity index (χ1) is 7.41. The molecular weight excluding hydrogens is 182 g/mol. The van der Waals surface area contributed by atoms with Crippen molar-refractivity contribution in [1.82, 2.24) is 5.32 Å². The highest BCUT2D eigenvalue weighted by Gasteiger charge is 1.92. The summed E-state index contributed by atoms with van der Waals surface area (Å²) in [5, 5.41) is 4.56. The summed E-state index contributed by atoms with van der Waals surface area (Å²) in [6.07, 6.45) is 13.7. The third kappa shape index (κ3) is 14.0. The Bertz CT molecular complexity index is 89.5. The smallest absolute Gasteiger partial charge is 0.0133 e. The molecule has 0 aliphatic carbocycles. The average Bonchev–Trinajstić information content (AvgIpc) is 2.26. The standard InChI is InChI=1S/C14H30N/c1-3-5-7-9-10-12-14-15-13-11-8-6-4-2/h3-14H2,1-2H3. The van der Waals surface area contributed by atoms with Gasteiger partial charge in [-0.3, -0.25) is 0 Å². The molecule has 1 nitrogen and oxygen atoms in total. The number of nitrogens with zero attached hydrogens (tertiary/aromatic N) is 1. The maximum atomic E-state index is 4.56. The SMILES string of the molecule is CCCCCCCC[N]CCCCCC. The zero-order valence-electron chi connectivity index (χ0n) is 10.9. The van der Waals surface area contributed by atoms with Gasteiger partial charge in [-0.2, -0.15) is 0 Å². The molecule has 0 aromatic heterocycles. The minimum absolute atomic E-state index is 1.11. The van der Waals surface area contributed by atoms with E-state index in [2.05, 4.69) is 19.2 Å². The summed E-state index contributed by atoms with van der Waals surface area (Å²) in [5.41, 5.74) is 0. The fraction of sp³-hybridized carbons (Fsp3) is 1.00. The van der Waals surface area contributed by atoms with Gasteiger partial charge >= 0.3 is 0 Å². The van der Waals surface area contributed by atoms with Crippen molar-refractivity contribution in [3.63, 3.8) is 0 Å². The first kappa shape index (κ1) is 15.0. The molecule has 0 amide bonds. The maximum absolute atomic E-state index is 4.56. The molecule has 0 heterocycles. The van der Waals surface area contributed by atoms with Crippen molar-refractivity contribution in [2.75, 3.05) is 13.1 Å². The van der Waals surface area contributed by atoms with E-state index in [-0.39, 0.29) is 0 Å². The highest BCUT2D eigenvalue weighted by atomic mass is 14.8. The van der Waals surface area contributed by atoms with E-state index < -0.39 is 0 Å². The van der Waals surface area contributed by atoms with Gasteiger partial charge in [-0.25, -0.2) is 5.32 Å². The lowest BCUT2D eigenvalue weighted by molar-refractivity contribution is 0.545. The van der Waals surface area contributed by atoms with E-state index in [0.29, 0.717) is 0 Å². The summed E-state index contributed by atoms with van der Waals surface area (Å²) < 4.78 is 0. The van der Waals surface area contributed by atoms with E-state index in [4.69, 9.17) is 0 Å². The molecule has 0 saturated heterocycles. The molecular formula is C14H30N. The van der Waals surface area contributed by atoms with Crippen LogP contribution in [0.1, 0.15) is 78.1 Å². The Hall–Kier alpha value is -0.0400. The van der Waals surface area contributed by atoms with Gasteiger partial charge in [0.05, 0.1) is 0 Å². The molecule has 0 rings (SSSR count). The topological polar surface area (TPSA) is 14.1 Å². The first-order valence-electron chi connectivity index (χ1n) is 7.05. The molecule has 0 spiro atoms. The second-order valence-electron chi connectivity index (χ2n) is 4.50. The predicted octanol–water partition coefficient (Wildman–Crippen LogP) is 4.53. The van der Waals surface area contributed by atoms with Crippen LogP contribution in [-0.4, -0.2) is 13.1 Å². The van der Waals surface area contributed by atoms with Crippen LogP contribution in [0.15, 0.2) is 0 Å². The van der Waals surface area contributed by atoms with Crippen molar-refractivity contribution >= 4 is 0 Å². The lowest BCUT2D eigenvalue weighted by Gasteiger charge is -2.02. The summed E-state index contributed by atoms with van der Waals surface area (Å²) >= 11 is 0. The van der Waals surface area contributed by atoms with E-state index >= 15 is 0 Å². The lowest BCUT2D eigenvalue weighted by Crippen LogP contribution is -2.08. The Morgan fingerprint density at radius 1 is 0.533 bits per heavy atom. The van der Waals surface area contributed by atoms with Crippen molar-refractivity contribution in [1.29, 1.82) is 0 Å². The zero-order chi connectivity index (χ0) is 11.2. The van der Waals surface area contributed by atoms with Gasteiger partial charge in [0, 0.05) is 13.1 Å². The molecule has 0 unspecified atom stereocenters. The molecule has 0 saturated carbocycles. The molecule has 1 radical (unpaired) electrons. The highest BCUT2D eigenvalue weighted by molar-refractivity contribution is 4.50. The van der Waals surface area contributed by atoms with Crippen molar-refractivity contribution in [2.45, 2.75) is 78.1 Å².